The van der Waals surface area contributed by atoms with Crippen molar-refractivity contribution >= 4 is 23.1 Å². The lowest BCUT2D eigenvalue weighted by Gasteiger charge is -2.30. The molecule has 2 aromatic carbocycles. The summed E-state index contributed by atoms with van der Waals surface area (Å²) in [5.41, 5.74) is 4.12. The van der Waals surface area contributed by atoms with Gasteiger partial charge in [0.05, 0.1) is 12.2 Å². The number of likely N-dealkylation sites (tertiary alicyclic amines) is 1. The van der Waals surface area contributed by atoms with Crippen LogP contribution in [0.15, 0.2) is 54.8 Å². The zero-order valence-corrected chi connectivity index (χ0v) is 16.9. The topological polar surface area (TPSA) is 49.8 Å². The van der Waals surface area contributed by atoms with Gasteiger partial charge in [0.25, 0.3) is 0 Å². The van der Waals surface area contributed by atoms with Crippen LogP contribution in [0.4, 0.5) is 0 Å². The molecule has 5 heteroatoms. The normalized spacial score (nSPS) is 18.1. The summed E-state index contributed by atoms with van der Waals surface area (Å²) in [4.78, 5) is 13.4. The SMILES string of the molecule is Cc1ccccc1/C(=C\OCCN1CCC[C@@H](C(=O)O)C1)c1ccccc1Cl. The Morgan fingerprint density at radius 3 is 2.64 bits per heavy atom. The molecule has 2 aromatic rings. The second-order valence-electron chi connectivity index (χ2n) is 7.18. The molecule has 28 heavy (non-hydrogen) atoms. The number of hydrogen-bond donors (Lipinski definition) is 1. The molecule has 0 spiro atoms. The molecule has 4 nitrogen and oxygen atoms in total. The molecule has 0 radical (unpaired) electrons. The van der Waals surface area contributed by atoms with E-state index in [1.54, 1.807) is 6.26 Å². The van der Waals surface area contributed by atoms with Gasteiger partial charge in [0, 0.05) is 29.2 Å². The van der Waals surface area contributed by atoms with E-state index >= 15 is 0 Å². The van der Waals surface area contributed by atoms with Crippen LogP contribution in [-0.2, 0) is 9.53 Å². The number of aryl methyl sites for hydroxylation is 1. The van der Waals surface area contributed by atoms with Gasteiger partial charge in [-0.15, -0.1) is 0 Å². The highest BCUT2D eigenvalue weighted by atomic mass is 35.5. The van der Waals surface area contributed by atoms with Gasteiger partial charge in [0.15, 0.2) is 0 Å². The Morgan fingerprint density at radius 2 is 1.93 bits per heavy atom. The van der Waals surface area contributed by atoms with Gasteiger partial charge in [0.2, 0.25) is 0 Å². The molecule has 3 rings (SSSR count). The van der Waals surface area contributed by atoms with Gasteiger partial charge in [-0.05, 0) is 43.5 Å². The Hall–Kier alpha value is -2.30. The zero-order chi connectivity index (χ0) is 19.9. The molecule has 0 amide bonds. The number of benzene rings is 2. The molecule has 1 atom stereocenters. The van der Waals surface area contributed by atoms with Crippen molar-refractivity contribution in [1.29, 1.82) is 0 Å². The Morgan fingerprint density at radius 1 is 1.21 bits per heavy atom. The van der Waals surface area contributed by atoms with E-state index < -0.39 is 5.97 Å². The number of hydrogen-bond acceptors (Lipinski definition) is 3. The molecule has 0 unspecified atom stereocenters. The Balaban J connectivity index is 1.71. The quantitative estimate of drug-likeness (QED) is 0.534. The highest BCUT2D eigenvalue weighted by Gasteiger charge is 2.24. The van der Waals surface area contributed by atoms with Crippen LogP contribution in [0.5, 0.6) is 0 Å². The second-order valence-corrected chi connectivity index (χ2v) is 7.58. The van der Waals surface area contributed by atoms with Gasteiger partial charge in [-0.2, -0.15) is 0 Å². The number of carboxylic acid groups (broad SMARTS) is 1. The fourth-order valence-corrected chi connectivity index (χ4v) is 3.85. The first-order valence-electron chi connectivity index (χ1n) is 9.64. The smallest absolute Gasteiger partial charge is 0.307 e. The maximum Gasteiger partial charge on any atom is 0.307 e. The summed E-state index contributed by atoms with van der Waals surface area (Å²) in [5.74, 6) is -0.971. The highest BCUT2D eigenvalue weighted by Crippen LogP contribution is 2.31. The molecule has 1 aliphatic heterocycles. The minimum absolute atomic E-state index is 0.269. The van der Waals surface area contributed by atoms with E-state index in [9.17, 15) is 9.90 Å². The van der Waals surface area contributed by atoms with Gasteiger partial charge in [-0.3, -0.25) is 9.69 Å². The lowest BCUT2D eigenvalue weighted by molar-refractivity contribution is -0.143. The van der Waals surface area contributed by atoms with Crippen LogP contribution in [0.2, 0.25) is 5.02 Å². The minimum Gasteiger partial charge on any atom is -0.499 e. The third kappa shape index (κ3) is 5.15. The van der Waals surface area contributed by atoms with E-state index in [2.05, 4.69) is 24.0 Å². The van der Waals surface area contributed by atoms with Gasteiger partial charge in [-0.1, -0.05) is 54.1 Å². The summed E-state index contributed by atoms with van der Waals surface area (Å²) in [5, 5.41) is 9.91. The molecule has 0 saturated carbocycles. The van der Waals surface area contributed by atoms with Crippen LogP contribution in [-0.4, -0.2) is 42.2 Å². The third-order valence-corrected chi connectivity index (χ3v) is 5.51. The van der Waals surface area contributed by atoms with Gasteiger partial charge >= 0.3 is 5.97 Å². The molecule has 148 valence electrons. The van der Waals surface area contributed by atoms with Crippen molar-refractivity contribution in [3.05, 3.63) is 76.5 Å². The Bertz CT molecular complexity index is 802. The number of carbonyl (C=O) groups is 1. The van der Waals surface area contributed by atoms with Crippen molar-refractivity contribution in [3.63, 3.8) is 0 Å². The van der Waals surface area contributed by atoms with Crippen LogP contribution >= 0.6 is 11.6 Å². The van der Waals surface area contributed by atoms with Crippen molar-refractivity contribution in [2.75, 3.05) is 26.2 Å². The number of halogens is 1. The Labute approximate surface area is 171 Å². The van der Waals surface area contributed by atoms with Gasteiger partial charge in [-0.25, -0.2) is 0 Å². The standard InChI is InChI=1S/C23H26ClNO3/c1-17-7-2-3-9-19(17)21(20-10-4-5-11-22(20)24)16-28-14-13-25-12-6-8-18(15-25)23(26)27/h2-5,7,9-11,16,18H,6,8,12-15H2,1H3,(H,26,27)/b21-16+/t18-/m1/s1. The number of aliphatic carboxylic acids is 1. The molecule has 1 heterocycles. The predicted octanol–water partition coefficient (Wildman–Crippen LogP) is 4.85. The summed E-state index contributed by atoms with van der Waals surface area (Å²) < 4.78 is 5.90. The maximum atomic E-state index is 11.2. The number of rotatable bonds is 7. The zero-order valence-electron chi connectivity index (χ0n) is 16.1. The number of carboxylic acids is 1. The molecule has 1 aliphatic rings. The monoisotopic (exact) mass is 399 g/mol. The predicted molar refractivity (Wildman–Crippen MR) is 112 cm³/mol. The summed E-state index contributed by atoms with van der Waals surface area (Å²) >= 11 is 6.44. The van der Waals surface area contributed by atoms with E-state index in [4.69, 9.17) is 16.3 Å². The van der Waals surface area contributed by atoms with Crippen molar-refractivity contribution in [2.24, 2.45) is 5.92 Å². The first-order valence-corrected chi connectivity index (χ1v) is 10.0. The van der Waals surface area contributed by atoms with Gasteiger partial charge in [0.1, 0.15) is 6.61 Å². The van der Waals surface area contributed by atoms with E-state index in [1.165, 1.54) is 0 Å². The Kier molecular flexibility index (Phi) is 7.12. The van der Waals surface area contributed by atoms with Crippen LogP contribution in [0.3, 0.4) is 0 Å². The van der Waals surface area contributed by atoms with Crippen molar-refractivity contribution in [2.45, 2.75) is 19.8 Å². The van der Waals surface area contributed by atoms with E-state index in [0.717, 1.165) is 41.6 Å². The summed E-state index contributed by atoms with van der Waals surface area (Å²) in [7, 11) is 0. The van der Waals surface area contributed by atoms with Crippen LogP contribution in [0.25, 0.3) is 5.57 Å². The molecule has 1 fully saturated rings. The number of nitrogens with zero attached hydrogens (tertiary/aromatic N) is 1. The third-order valence-electron chi connectivity index (χ3n) is 5.18. The maximum absolute atomic E-state index is 11.2. The van der Waals surface area contributed by atoms with Crippen LogP contribution in [0, 0.1) is 12.8 Å². The van der Waals surface area contributed by atoms with E-state index in [0.29, 0.717) is 24.7 Å². The lowest BCUT2D eigenvalue weighted by Crippen LogP contribution is -2.40. The summed E-state index contributed by atoms with van der Waals surface area (Å²) in [6.07, 6.45) is 3.46. The average molecular weight is 400 g/mol. The van der Waals surface area contributed by atoms with Crippen molar-refractivity contribution < 1.29 is 14.6 Å². The fraction of sp³-hybridized carbons (Fsp3) is 0.348. The highest BCUT2D eigenvalue weighted by molar-refractivity contribution is 6.32. The number of piperidine rings is 1. The molecule has 0 aliphatic carbocycles. The minimum atomic E-state index is -0.703. The van der Waals surface area contributed by atoms with Crippen LogP contribution in [0.1, 0.15) is 29.5 Å². The molecule has 1 N–H and O–H groups in total. The fourth-order valence-electron chi connectivity index (χ4n) is 3.61. The lowest BCUT2D eigenvalue weighted by atomic mass is 9.95. The first-order chi connectivity index (χ1) is 13.6. The average Bonchev–Trinajstić information content (AvgIpc) is 2.70. The molecular weight excluding hydrogens is 374 g/mol. The van der Waals surface area contributed by atoms with Crippen molar-refractivity contribution in [1.82, 2.24) is 4.90 Å². The van der Waals surface area contributed by atoms with Crippen molar-refractivity contribution in [3.8, 4) is 0 Å². The molecule has 0 aromatic heterocycles. The van der Waals surface area contributed by atoms with E-state index in [1.807, 2.05) is 36.4 Å². The number of ether oxygens (including phenoxy) is 1. The van der Waals surface area contributed by atoms with Crippen LogP contribution < -0.4 is 0 Å². The molecule has 1 saturated heterocycles. The van der Waals surface area contributed by atoms with Gasteiger partial charge < -0.3 is 9.84 Å². The second kappa shape index (κ2) is 9.76. The molecule has 0 bridgehead atoms. The van der Waals surface area contributed by atoms with E-state index in [-0.39, 0.29) is 5.92 Å². The summed E-state index contributed by atoms with van der Waals surface area (Å²) in [6, 6.07) is 15.9. The first kappa shape index (κ1) is 20.4. The largest absolute Gasteiger partial charge is 0.499 e. The molecular formula is C23H26ClNO3. The summed E-state index contributed by atoms with van der Waals surface area (Å²) in [6.45, 7) is 4.80.